The van der Waals surface area contributed by atoms with Crippen molar-refractivity contribution in [3.8, 4) is 5.75 Å². The van der Waals surface area contributed by atoms with Crippen LogP contribution in [0.2, 0.25) is 0 Å². The van der Waals surface area contributed by atoms with Crippen LogP contribution in [0.15, 0.2) is 24.3 Å². The Kier molecular flexibility index (Phi) is 3.86. The van der Waals surface area contributed by atoms with E-state index in [2.05, 4.69) is 5.43 Å². The Bertz CT molecular complexity index is 589. The summed E-state index contributed by atoms with van der Waals surface area (Å²) in [5.41, 5.74) is 4.05. The quantitative estimate of drug-likeness (QED) is 0.755. The SMILES string of the molecule is COCCN1C(=O)[C@H]2[C@@H](C1=O)N(C)N[C@H]2c1ccc(O)cc1. The van der Waals surface area contributed by atoms with Crippen LogP contribution >= 0.6 is 0 Å². The molecule has 0 saturated carbocycles. The van der Waals surface area contributed by atoms with E-state index in [1.807, 2.05) is 0 Å². The summed E-state index contributed by atoms with van der Waals surface area (Å²) in [4.78, 5) is 26.4. The standard InChI is InChI=1S/C15H19N3O4/c1-17-13-11(14(20)18(15(13)21)7-8-22-2)12(16-17)9-3-5-10(19)6-4-9/h3-6,11-13,16,19H,7-8H2,1-2H3/t11-,12+,13+/m1/s1. The first-order valence-electron chi connectivity index (χ1n) is 7.16. The number of methoxy groups -OCH3 is 1. The van der Waals surface area contributed by atoms with E-state index in [-0.39, 0.29) is 30.2 Å². The Labute approximate surface area is 128 Å². The lowest BCUT2D eigenvalue weighted by atomic mass is 9.91. The first kappa shape index (κ1) is 15.0. The van der Waals surface area contributed by atoms with Crippen LogP contribution in [-0.4, -0.2) is 60.2 Å². The van der Waals surface area contributed by atoms with Crippen LogP contribution in [0, 0.1) is 5.92 Å². The van der Waals surface area contributed by atoms with E-state index in [0.717, 1.165) is 5.56 Å². The second-order valence-corrected chi connectivity index (χ2v) is 5.60. The molecule has 2 amide bonds. The molecule has 3 atom stereocenters. The number of carbonyl (C=O) groups excluding carboxylic acids is 2. The molecule has 0 spiro atoms. The van der Waals surface area contributed by atoms with Crippen molar-refractivity contribution in [3.63, 3.8) is 0 Å². The zero-order valence-corrected chi connectivity index (χ0v) is 12.5. The number of nitrogens with one attached hydrogen (secondary N) is 1. The molecule has 2 N–H and O–H groups in total. The second kappa shape index (κ2) is 5.68. The maximum atomic E-state index is 12.6. The number of phenols is 1. The topological polar surface area (TPSA) is 82.1 Å². The van der Waals surface area contributed by atoms with Crippen molar-refractivity contribution in [1.82, 2.24) is 15.3 Å². The summed E-state index contributed by atoms with van der Waals surface area (Å²) in [5, 5.41) is 11.1. The number of likely N-dealkylation sites (N-methyl/N-ethyl adjacent to an activating group) is 1. The summed E-state index contributed by atoms with van der Waals surface area (Å²) < 4.78 is 4.97. The van der Waals surface area contributed by atoms with Crippen LogP contribution in [-0.2, 0) is 14.3 Å². The molecule has 0 aromatic heterocycles. The van der Waals surface area contributed by atoms with Crippen molar-refractivity contribution < 1.29 is 19.4 Å². The third kappa shape index (κ3) is 2.27. The van der Waals surface area contributed by atoms with Crippen molar-refractivity contribution in [2.75, 3.05) is 27.3 Å². The zero-order chi connectivity index (χ0) is 15.9. The monoisotopic (exact) mass is 305 g/mol. The maximum absolute atomic E-state index is 12.6. The van der Waals surface area contributed by atoms with Gasteiger partial charge in [-0.15, -0.1) is 0 Å². The van der Waals surface area contributed by atoms with Crippen molar-refractivity contribution in [3.05, 3.63) is 29.8 Å². The van der Waals surface area contributed by atoms with Gasteiger partial charge >= 0.3 is 0 Å². The molecule has 2 saturated heterocycles. The molecule has 2 aliphatic heterocycles. The van der Waals surface area contributed by atoms with Crippen LogP contribution in [0.4, 0.5) is 0 Å². The summed E-state index contributed by atoms with van der Waals surface area (Å²) in [5.74, 6) is -0.661. The number of benzene rings is 1. The van der Waals surface area contributed by atoms with E-state index in [0.29, 0.717) is 6.61 Å². The minimum atomic E-state index is -0.497. The molecule has 7 nitrogen and oxygen atoms in total. The van der Waals surface area contributed by atoms with Crippen LogP contribution in [0.25, 0.3) is 0 Å². The molecule has 3 rings (SSSR count). The molecule has 2 fully saturated rings. The number of likely N-dealkylation sites (tertiary alicyclic amines) is 1. The van der Waals surface area contributed by atoms with E-state index in [1.54, 1.807) is 43.4 Å². The largest absolute Gasteiger partial charge is 0.508 e. The number of hydrazine groups is 1. The van der Waals surface area contributed by atoms with Gasteiger partial charge in [0.05, 0.1) is 25.1 Å². The lowest BCUT2D eigenvalue weighted by molar-refractivity contribution is -0.142. The van der Waals surface area contributed by atoms with Gasteiger partial charge in [-0.1, -0.05) is 12.1 Å². The van der Waals surface area contributed by atoms with E-state index in [4.69, 9.17) is 4.74 Å². The molecule has 2 heterocycles. The van der Waals surface area contributed by atoms with Gasteiger partial charge in [0.15, 0.2) is 0 Å². The molecule has 0 radical (unpaired) electrons. The Morgan fingerprint density at radius 3 is 2.55 bits per heavy atom. The van der Waals surface area contributed by atoms with Gasteiger partial charge in [-0.25, -0.2) is 10.4 Å². The number of ether oxygens (including phenoxy) is 1. The Morgan fingerprint density at radius 2 is 1.91 bits per heavy atom. The third-order valence-corrected chi connectivity index (χ3v) is 4.30. The number of nitrogens with zero attached hydrogens (tertiary/aromatic N) is 2. The normalized spacial score (nSPS) is 28.5. The molecule has 7 heteroatoms. The molecule has 2 aliphatic rings. The predicted octanol–water partition coefficient (Wildman–Crippen LogP) is -0.117. The van der Waals surface area contributed by atoms with Gasteiger partial charge in [0.25, 0.3) is 0 Å². The van der Waals surface area contributed by atoms with Gasteiger partial charge < -0.3 is 9.84 Å². The summed E-state index contributed by atoms with van der Waals surface area (Å²) >= 11 is 0. The fraction of sp³-hybridized carbons (Fsp3) is 0.467. The molecular weight excluding hydrogens is 286 g/mol. The number of imide groups is 1. The van der Waals surface area contributed by atoms with E-state index in [9.17, 15) is 14.7 Å². The summed E-state index contributed by atoms with van der Waals surface area (Å²) in [7, 11) is 3.31. The fourth-order valence-electron chi connectivity index (χ4n) is 3.21. The molecule has 1 aromatic carbocycles. The van der Waals surface area contributed by atoms with Crippen LogP contribution in [0.3, 0.4) is 0 Å². The van der Waals surface area contributed by atoms with Gasteiger partial charge in [0.1, 0.15) is 11.8 Å². The average molecular weight is 305 g/mol. The van der Waals surface area contributed by atoms with Crippen LogP contribution in [0.5, 0.6) is 5.75 Å². The molecule has 118 valence electrons. The molecule has 22 heavy (non-hydrogen) atoms. The first-order chi connectivity index (χ1) is 10.5. The highest BCUT2D eigenvalue weighted by Gasteiger charge is 2.57. The lowest BCUT2D eigenvalue weighted by Gasteiger charge is -2.22. The van der Waals surface area contributed by atoms with Crippen molar-refractivity contribution in [1.29, 1.82) is 0 Å². The van der Waals surface area contributed by atoms with Gasteiger partial charge in [0.2, 0.25) is 11.8 Å². The molecule has 0 aliphatic carbocycles. The van der Waals surface area contributed by atoms with Gasteiger partial charge in [-0.2, -0.15) is 0 Å². The molecular formula is C15H19N3O4. The Balaban J connectivity index is 1.89. The Hall–Kier alpha value is -1.96. The summed E-state index contributed by atoms with van der Waals surface area (Å²) in [6, 6.07) is 5.91. The number of hydrogen-bond acceptors (Lipinski definition) is 6. The number of phenolic OH excluding ortho intramolecular Hbond substituents is 1. The zero-order valence-electron chi connectivity index (χ0n) is 12.5. The number of amides is 2. The minimum Gasteiger partial charge on any atom is -0.508 e. The van der Waals surface area contributed by atoms with Gasteiger partial charge in [-0.3, -0.25) is 14.5 Å². The van der Waals surface area contributed by atoms with Gasteiger partial charge in [0, 0.05) is 14.2 Å². The summed E-state index contributed by atoms with van der Waals surface area (Å²) in [6.45, 7) is 0.606. The van der Waals surface area contributed by atoms with Crippen LogP contribution < -0.4 is 5.43 Å². The minimum absolute atomic E-state index is 0.169. The number of fused-ring (bicyclic) bond motifs is 1. The van der Waals surface area contributed by atoms with Crippen molar-refractivity contribution >= 4 is 11.8 Å². The van der Waals surface area contributed by atoms with E-state index < -0.39 is 12.0 Å². The summed E-state index contributed by atoms with van der Waals surface area (Å²) in [6.07, 6.45) is 0. The van der Waals surface area contributed by atoms with Gasteiger partial charge in [-0.05, 0) is 17.7 Å². The Morgan fingerprint density at radius 1 is 1.23 bits per heavy atom. The fourth-order valence-corrected chi connectivity index (χ4v) is 3.21. The highest BCUT2D eigenvalue weighted by Crippen LogP contribution is 2.39. The predicted molar refractivity (Wildman–Crippen MR) is 77.6 cm³/mol. The van der Waals surface area contributed by atoms with Crippen molar-refractivity contribution in [2.24, 2.45) is 5.92 Å². The number of carbonyl (C=O) groups is 2. The number of rotatable bonds is 4. The lowest BCUT2D eigenvalue weighted by Crippen LogP contribution is -2.43. The highest BCUT2D eigenvalue weighted by atomic mass is 16.5. The van der Waals surface area contributed by atoms with E-state index >= 15 is 0 Å². The maximum Gasteiger partial charge on any atom is 0.248 e. The molecule has 1 aromatic rings. The van der Waals surface area contributed by atoms with Crippen LogP contribution in [0.1, 0.15) is 11.6 Å². The number of hydrogen-bond donors (Lipinski definition) is 2. The first-order valence-corrected chi connectivity index (χ1v) is 7.16. The highest BCUT2D eigenvalue weighted by molar-refractivity contribution is 6.07. The molecule has 0 bridgehead atoms. The second-order valence-electron chi connectivity index (χ2n) is 5.60. The third-order valence-electron chi connectivity index (χ3n) is 4.30. The molecule has 0 unspecified atom stereocenters. The average Bonchev–Trinajstić information content (AvgIpc) is 2.96. The smallest absolute Gasteiger partial charge is 0.248 e. The van der Waals surface area contributed by atoms with E-state index in [1.165, 1.54) is 4.90 Å². The number of aromatic hydroxyl groups is 1. The van der Waals surface area contributed by atoms with Crippen molar-refractivity contribution in [2.45, 2.75) is 12.1 Å².